The normalized spacial score (nSPS) is 25.5. The van der Waals surface area contributed by atoms with Crippen LogP contribution in [0.4, 0.5) is 0 Å². The van der Waals surface area contributed by atoms with Crippen LogP contribution >= 0.6 is 0 Å². The number of nitrogens with zero attached hydrogens (tertiary/aromatic N) is 2. The molecule has 1 saturated heterocycles. The third-order valence-corrected chi connectivity index (χ3v) is 5.12. The van der Waals surface area contributed by atoms with Crippen molar-refractivity contribution in [1.29, 1.82) is 0 Å². The average Bonchev–Trinajstić information content (AvgIpc) is 2.66. The molecular weight excluding hydrogens is 250 g/mol. The summed E-state index contributed by atoms with van der Waals surface area (Å²) in [7, 11) is 2.10. The molecule has 0 bridgehead atoms. The number of aliphatic hydroxyl groups is 1. The fraction of sp³-hybridized carbons (Fsp3) is 1.00. The second-order valence-corrected chi connectivity index (χ2v) is 6.79. The summed E-state index contributed by atoms with van der Waals surface area (Å²) in [6, 6.07) is 0. The maximum atomic E-state index is 9.08. The Morgan fingerprint density at radius 1 is 0.950 bits per heavy atom. The summed E-state index contributed by atoms with van der Waals surface area (Å²) in [5.74, 6) is 0. The number of hydrogen-bond donors (Lipinski definition) is 2. The zero-order valence-corrected chi connectivity index (χ0v) is 13.2. The number of nitrogens with one attached hydrogen (secondary N) is 1. The van der Waals surface area contributed by atoms with Crippen LogP contribution in [0, 0.1) is 5.41 Å². The Labute approximate surface area is 124 Å². The zero-order valence-electron chi connectivity index (χ0n) is 13.2. The second-order valence-electron chi connectivity index (χ2n) is 6.79. The Morgan fingerprint density at radius 2 is 1.65 bits per heavy atom. The molecule has 2 aliphatic rings. The number of aliphatic hydroxyl groups excluding tert-OH is 1. The smallest absolute Gasteiger partial charge is 0.0558 e. The van der Waals surface area contributed by atoms with Gasteiger partial charge in [-0.05, 0) is 44.8 Å². The molecule has 2 N–H and O–H groups in total. The summed E-state index contributed by atoms with van der Waals surface area (Å²) in [5.41, 5.74) is 0.513. The van der Waals surface area contributed by atoms with E-state index in [1.807, 2.05) is 0 Å². The summed E-state index contributed by atoms with van der Waals surface area (Å²) in [6.07, 6.45) is 8.28. The Kier molecular flexibility index (Phi) is 6.75. The third kappa shape index (κ3) is 4.69. The van der Waals surface area contributed by atoms with Crippen molar-refractivity contribution < 1.29 is 5.11 Å². The van der Waals surface area contributed by atoms with Gasteiger partial charge in [-0.1, -0.05) is 19.3 Å². The first-order chi connectivity index (χ1) is 9.78. The summed E-state index contributed by atoms with van der Waals surface area (Å²) in [5, 5.41) is 12.5. The van der Waals surface area contributed by atoms with Crippen LogP contribution in [0.5, 0.6) is 0 Å². The van der Waals surface area contributed by atoms with Crippen LogP contribution < -0.4 is 5.32 Å². The molecule has 0 spiro atoms. The lowest BCUT2D eigenvalue weighted by molar-refractivity contribution is 0.105. The van der Waals surface area contributed by atoms with Crippen molar-refractivity contribution in [3.63, 3.8) is 0 Å². The van der Waals surface area contributed by atoms with E-state index < -0.39 is 0 Å². The van der Waals surface area contributed by atoms with E-state index >= 15 is 0 Å². The molecule has 1 aliphatic carbocycles. The van der Waals surface area contributed by atoms with Crippen molar-refractivity contribution >= 4 is 0 Å². The fourth-order valence-electron chi connectivity index (χ4n) is 4.09. The molecule has 20 heavy (non-hydrogen) atoms. The molecule has 0 atom stereocenters. The highest BCUT2D eigenvalue weighted by atomic mass is 16.3. The van der Waals surface area contributed by atoms with Gasteiger partial charge in [0.25, 0.3) is 0 Å². The summed E-state index contributed by atoms with van der Waals surface area (Å²) in [6.45, 7) is 8.25. The Morgan fingerprint density at radius 3 is 2.35 bits per heavy atom. The van der Waals surface area contributed by atoms with Gasteiger partial charge >= 0.3 is 0 Å². The number of rotatable bonds is 6. The molecule has 118 valence electrons. The molecule has 0 aromatic rings. The van der Waals surface area contributed by atoms with Gasteiger partial charge in [0.15, 0.2) is 0 Å². The number of hydrogen-bond acceptors (Lipinski definition) is 4. The molecule has 0 aromatic heterocycles. The Hall–Kier alpha value is -0.160. The SMILES string of the molecule is CNCC1(CN2CCCN(CCO)CC2)CCCCC1. The lowest BCUT2D eigenvalue weighted by Crippen LogP contribution is -2.45. The molecule has 2 fully saturated rings. The molecule has 1 aliphatic heterocycles. The van der Waals surface area contributed by atoms with Crippen molar-refractivity contribution in [2.24, 2.45) is 5.41 Å². The summed E-state index contributed by atoms with van der Waals surface area (Å²) < 4.78 is 0. The van der Waals surface area contributed by atoms with E-state index in [9.17, 15) is 0 Å². The second kappa shape index (κ2) is 8.32. The quantitative estimate of drug-likeness (QED) is 0.767. The maximum absolute atomic E-state index is 9.08. The predicted molar refractivity (Wildman–Crippen MR) is 84.0 cm³/mol. The fourth-order valence-corrected chi connectivity index (χ4v) is 4.09. The van der Waals surface area contributed by atoms with Gasteiger partial charge in [-0.15, -0.1) is 0 Å². The third-order valence-electron chi connectivity index (χ3n) is 5.12. The molecule has 0 radical (unpaired) electrons. The molecule has 0 unspecified atom stereocenters. The van der Waals surface area contributed by atoms with Crippen LogP contribution in [0.25, 0.3) is 0 Å². The zero-order chi connectivity index (χ0) is 14.3. The Balaban J connectivity index is 1.86. The molecule has 1 heterocycles. The monoisotopic (exact) mass is 283 g/mol. The largest absolute Gasteiger partial charge is 0.395 e. The van der Waals surface area contributed by atoms with Gasteiger partial charge in [-0.3, -0.25) is 4.90 Å². The van der Waals surface area contributed by atoms with Gasteiger partial charge in [0, 0.05) is 32.7 Å². The predicted octanol–water partition coefficient (Wildman–Crippen LogP) is 1.16. The molecule has 2 rings (SSSR count). The minimum atomic E-state index is 0.295. The van der Waals surface area contributed by atoms with Crippen LogP contribution in [0.15, 0.2) is 0 Å². The van der Waals surface area contributed by atoms with Crippen molar-refractivity contribution in [2.75, 3.05) is 59.5 Å². The molecular formula is C16H33N3O. The molecule has 4 heteroatoms. The van der Waals surface area contributed by atoms with E-state index in [-0.39, 0.29) is 0 Å². The van der Waals surface area contributed by atoms with Crippen LogP contribution in [0.2, 0.25) is 0 Å². The van der Waals surface area contributed by atoms with Gasteiger partial charge in [-0.25, -0.2) is 0 Å². The van der Waals surface area contributed by atoms with E-state index in [0.717, 1.165) is 19.6 Å². The molecule has 0 amide bonds. The lowest BCUT2D eigenvalue weighted by Gasteiger charge is -2.41. The van der Waals surface area contributed by atoms with E-state index in [4.69, 9.17) is 5.11 Å². The first-order valence-corrected chi connectivity index (χ1v) is 8.48. The highest BCUT2D eigenvalue weighted by Gasteiger charge is 2.33. The molecule has 1 saturated carbocycles. The highest BCUT2D eigenvalue weighted by molar-refractivity contribution is 4.88. The van der Waals surface area contributed by atoms with Gasteiger partial charge in [0.1, 0.15) is 0 Å². The topological polar surface area (TPSA) is 38.7 Å². The highest BCUT2D eigenvalue weighted by Crippen LogP contribution is 2.36. The van der Waals surface area contributed by atoms with E-state index in [1.165, 1.54) is 64.7 Å². The van der Waals surface area contributed by atoms with Gasteiger partial charge < -0.3 is 15.3 Å². The van der Waals surface area contributed by atoms with E-state index in [0.29, 0.717) is 12.0 Å². The summed E-state index contributed by atoms with van der Waals surface area (Å²) in [4.78, 5) is 5.09. The van der Waals surface area contributed by atoms with Crippen LogP contribution in [-0.2, 0) is 0 Å². The molecule has 0 aromatic carbocycles. The van der Waals surface area contributed by atoms with Gasteiger partial charge in [0.2, 0.25) is 0 Å². The van der Waals surface area contributed by atoms with Crippen molar-refractivity contribution in [3.8, 4) is 0 Å². The van der Waals surface area contributed by atoms with Crippen molar-refractivity contribution in [2.45, 2.75) is 38.5 Å². The van der Waals surface area contributed by atoms with Gasteiger partial charge in [-0.2, -0.15) is 0 Å². The van der Waals surface area contributed by atoms with Crippen molar-refractivity contribution in [1.82, 2.24) is 15.1 Å². The van der Waals surface area contributed by atoms with Crippen LogP contribution in [0.3, 0.4) is 0 Å². The number of β-amino-alcohol motifs (C(OH)–C–C–N with tert-alkyl or cyclic N) is 1. The average molecular weight is 283 g/mol. The van der Waals surface area contributed by atoms with E-state index in [1.54, 1.807) is 0 Å². The Bertz CT molecular complexity index is 261. The minimum absolute atomic E-state index is 0.295. The minimum Gasteiger partial charge on any atom is -0.395 e. The first-order valence-electron chi connectivity index (χ1n) is 8.48. The van der Waals surface area contributed by atoms with Crippen LogP contribution in [0.1, 0.15) is 38.5 Å². The summed E-state index contributed by atoms with van der Waals surface area (Å²) >= 11 is 0. The van der Waals surface area contributed by atoms with Crippen LogP contribution in [-0.4, -0.2) is 74.4 Å². The van der Waals surface area contributed by atoms with E-state index in [2.05, 4.69) is 22.2 Å². The van der Waals surface area contributed by atoms with Gasteiger partial charge in [0.05, 0.1) is 6.61 Å². The maximum Gasteiger partial charge on any atom is 0.0558 e. The van der Waals surface area contributed by atoms with Crippen molar-refractivity contribution in [3.05, 3.63) is 0 Å². The molecule has 4 nitrogen and oxygen atoms in total. The first kappa shape index (κ1) is 16.2. The standard InChI is InChI=1S/C16H33N3O/c1-17-14-16(6-3-2-4-7-16)15-19-9-5-8-18(10-11-19)12-13-20/h17,20H,2-15H2,1H3. The lowest BCUT2D eigenvalue weighted by atomic mass is 9.73.